The average Bonchev–Trinajstić information content (AvgIpc) is 2.61. The molecule has 1 aromatic heterocycles. The fraction of sp³-hybridized carbons (Fsp3) is 0.0556. The third kappa shape index (κ3) is 3.70. The number of carbonyl (C=O) groups excluding carboxylic acids is 2. The zero-order valence-corrected chi connectivity index (χ0v) is 13.4. The minimum absolute atomic E-state index is 0.247. The van der Waals surface area contributed by atoms with E-state index in [-0.39, 0.29) is 6.54 Å². The van der Waals surface area contributed by atoms with Gasteiger partial charge in [0, 0.05) is 23.2 Å². The van der Waals surface area contributed by atoms with Gasteiger partial charge in [0.05, 0.1) is 11.2 Å². The Bertz CT molecular complexity index is 889. The standard InChI is InChI=1S/C18H14ClN3O2/c19-14-8-6-12(7-9-14)11-21-17(23)18(24)22-15-5-1-3-13-4-2-10-20-16(13)15/h1-10H,11H2,(H,21,23)(H,22,24). The van der Waals surface area contributed by atoms with Crippen LogP contribution in [0.3, 0.4) is 0 Å². The minimum Gasteiger partial charge on any atom is -0.344 e. The Morgan fingerprint density at radius 1 is 0.958 bits per heavy atom. The minimum atomic E-state index is -0.734. The summed E-state index contributed by atoms with van der Waals surface area (Å²) in [7, 11) is 0. The van der Waals surface area contributed by atoms with Gasteiger partial charge in [-0.15, -0.1) is 0 Å². The van der Waals surface area contributed by atoms with Crippen LogP contribution in [0.4, 0.5) is 5.69 Å². The molecule has 3 aromatic rings. The van der Waals surface area contributed by atoms with Crippen LogP contribution in [0.1, 0.15) is 5.56 Å². The predicted molar refractivity (Wildman–Crippen MR) is 93.7 cm³/mol. The highest BCUT2D eigenvalue weighted by atomic mass is 35.5. The second-order valence-corrected chi connectivity index (χ2v) is 5.58. The van der Waals surface area contributed by atoms with Gasteiger partial charge in [-0.05, 0) is 29.8 Å². The Balaban J connectivity index is 1.65. The van der Waals surface area contributed by atoms with Gasteiger partial charge in [-0.1, -0.05) is 41.9 Å². The van der Waals surface area contributed by atoms with Gasteiger partial charge >= 0.3 is 11.8 Å². The fourth-order valence-electron chi connectivity index (χ4n) is 2.25. The molecule has 0 unspecified atom stereocenters. The summed E-state index contributed by atoms with van der Waals surface area (Å²) in [5, 5.41) is 6.67. The molecule has 2 aromatic carbocycles. The highest BCUT2D eigenvalue weighted by Gasteiger charge is 2.14. The molecule has 0 spiro atoms. The van der Waals surface area contributed by atoms with Gasteiger partial charge in [0.25, 0.3) is 0 Å². The lowest BCUT2D eigenvalue weighted by Gasteiger charge is -2.08. The Labute approximate surface area is 143 Å². The van der Waals surface area contributed by atoms with Gasteiger partial charge in [-0.2, -0.15) is 0 Å². The molecule has 1 heterocycles. The molecular weight excluding hydrogens is 326 g/mol. The van der Waals surface area contributed by atoms with Crippen LogP contribution in [0, 0.1) is 0 Å². The molecule has 2 N–H and O–H groups in total. The molecule has 0 fully saturated rings. The van der Waals surface area contributed by atoms with E-state index in [1.807, 2.05) is 18.2 Å². The van der Waals surface area contributed by atoms with Crippen molar-refractivity contribution < 1.29 is 9.59 Å². The molecule has 0 atom stereocenters. The number of pyridine rings is 1. The van der Waals surface area contributed by atoms with Crippen LogP contribution in [-0.2, 0) is 16.1 Å². The van der Waals surface area contributed by atoms with Gasteiger partial charge < -0.3 is 10.6 Å². The summed E-state index contributed by atoms with van der Waals surface area (Å²) in [5.74, 6) is -1.44. The van der Waals surface area contributed by atoms with E-state index < -0.39 is 11.8 Å². The summed E-state index contributed by atoms with van der Waals surface area (Å²) in [6.45, 7) is 0.247. The smallest absolute Gasteiger partial charge is 0.313 e. The number of rotatable bonds is 3. The molecule has 24 heavy (non-hydrogen) atoms. The number of anilines is 1. The summed E-state index contributed by atoms with van der Waals surface area (Å²) in [4.78, 5) is 28.2. The first-order valence-electron chi connectivity index (χ1n) is 7.31. The van der Waals surface area contributed by atoms with E-state index in [4.69, 9.17) is 11.6 Å². The molecule has 0 aliphatic rings. The maximum atomic E-state index is 12.1. The van der Waals surface area contributed by atoms with Gasteiger partial charge in [-0.25, -0.2) is 0 Å². The normalized spacial score (nSPS) is 10.4. The summed E-state index contributed by atoms with van der Waals surface area (Å²) < 4.78 is 0. The van der Waals surface area contributed by atoms with E-state index in [1.54, 1.807) is 42.6 Å². The molecule has 0 saturated carbocycles. The molecule has 0 aliphatic carbocycles. The number of halogens is 1. The number of hydrogen-bond acceptors (Lipinski definition) is 3. The number of aromatic nitrogens is 1. The van der Waals surface area contributed by atoms with E-state index in [9.17, 15) is 9.59 Å². The van der Waals surface area contributed by atoms with Gasteiger partial charge in [-0.3, -0.25) is 14.6 Å². The van der Waals surface area contributed by atoms with Crippen LogP contribution < -0.4 is 10.6 Å². The van der Waals surface area contributed by atoms with Crippen molar-refractivity contribution in [3.63, 3.8) is 0 Å². The maximum absolute atomic E-state index is 12.1. The van der Waals surface area contributed by atoms with E-state index in [1.165, 1.54) is 0 Å². The number of nitrogens with one attached hydrogen (secondary N) is 2. The van der Waals surface area contributed by atoms with Crippen LogP contribution in [-0.4, -0.2) is 16.8 Å². The van der Waals surface area contributed by atoms with Gasteiger partial charge in [0.15, 0.2) is 0 Å². The van der Waals surface area contributed by atoms with Crippen molar-refractivity contribution >= 4 is 40.0 Å². The van der Waals surface area contributed by atoms with Gasteiger partial charge in [0.2, 0.25) is 0 Å². The lowest BCUT2D eigenvalue weighted by atomic mass is 10.2. The molecule has 2 amide bonds. The number of para-hydroxylation sites is 1. The topological polar surface area (TPSA) is 71.1 Å². The first-order valence-corrected chi connectivity index (χ1v) is 7.68. The molecule has 3 rings (SSSR count). The van der Waals surface area contributed by atoms with Crippen molar-refractivity contribution in [2.24, 2.45) is 0 Å². The second kappa shape index (κ2) is 7.10. The SMILES string of the molecule is O=C(NCc1ccc(Cl)cc1)C(=O)Nc1cccc2cccnc12. The van der Waals surface area contributed by atoms with Crippen LogP contribution >= 0.6 is 11.6 Å². The van der Waals surface area contributed by atoms with Crippen LogP contribution in [0.15, 0.2) is 60.8 Å². The number of amides is 2. The molecule has 0 radical (unpaired) electrons. The zero-order valence-electron chi connectivity index (χ0n) is 12.6. The number of carbonyl (C=O) groups is 2. The Morgan fingerprint density at radius 3 is 2.50 bits per heavy atom. The van der Waals surface area contributed by atoms with Crippen molar-refractivity contribution in [2.45, 2.75) is 6.54 Å². The monoisotopic (exact) mass is 339 g/mol. The van der Waals surface area contributed by atoms with Crippen molar-refractivity contribution in [1.82, 2.24) is 10.3 Å². The van der Waals surface area contributed by atoms with E-state index in [0.717, 1.165) is 10.9 Å². The molecule has 120 valence electrons. The number of benzene rings is 2. The van der Waals surface area contributed by atoms with E-state index >= 15 is 0 Å². The Morgan fingerprint density at radius 2 is 1.71 bits per heavy atom. The first-order chi connectivity index (χ1) is 11.6. The predicted octanol–water partition coefficient (Wildman–Crippen LogP) is 3.14. The first kappa shape index (κ1) is 16.0. The molecule has 6 heteroatoms. The highest BCUT2D eigenvalue weighted by Crippen LogP contribution is 2.20. The van der Waals surface area contributed by atoms with Crippen LogP contribution in [0.5, 0.6) is 0 Å². The Kier molecular flexibility index (Phi) is 4.72. The summed E-state index contributed by atoms with van der Waals surface area (Å²) >= 11 is 5.81. The van der Waals surface area contributed by atoms with Crippen LogP contribution in [0.2, 0.25) is 5.02 Å². The second-order valence-electron chi connectivity index (χ2n) is 5.14. The quantitative estimate of drug-likeness (QED) is 0.720. The zero-order chi connectivity index (χ0) is 16.9. The molecule has 0 bridgehead atoms. The molecule has 0 saturated heterocycles. The summed E-state index contributed by atoms with van der Waals surface area (Å²) in [6, 6.07) is 16.1. The molecule has 0 aliphatic heterocycles. The van der Waals surface area contributed by atoms with Crippen LogP contribution in [0.25, 0.3) is 10.9 Å². The maximum Gasteiger partial charge on any atom is 0.313 e. The number of fused-ring (bicyclic) bond motifs is 1. The highest BCUT2D eigenvalue weighted by molar-refractivity contribution is 6.40. The van der Waals surface area contributed by atoms with Gasteiger partial charge in [0.1, 0.15) is 0 Å². The third-order valence-electron chi connectivity index (χ3n) is 3.45. The van der Waals surface area contributed by atoms with Crippen molar-refractivity contribution in [1.29, 1.82) is 0 Å². The molecular formula is C18H14ClN3O2. The largest absolute Gasteiger partial charge is 0.344 e. The lowest BCUT2D eigenvalue weighted by molar-refractivity contribution is -0.136. The van der Waals surface area contributed by atoms with Crippen molar-refractivity contribution in [3.8, 4) is 0 Å². The third-order valence-corrected chi connectivity index (χ3v) is 3.71. The Hall–Kier alpha value is -2.92. The number of nitrogens with zero attached hydrogens (tertiary/aromatic N) is 1. The lowest BCUT2D eigenvalue weighted by Crippen LogP contribution is -2.35. The number of hydrogen-bond donors (Lipinski definition) is 2. The fourth-order valence-corrected chi connectivity index (χ4v) is 2.38. The van der Waals surface area contributed by atoms with Crippen molar-refractivity contribution in [3.05, 3.63) is 71.4 Å². The molecule has 5 nitrogen and oxygen atoms in total. The van der Waals surface area contributed by atoms with E-state index in [0.29, 0.717) is 16.2 Å². The summed E-state index contributed by atoms with van der Waals surface area (Å²) in [5.41, 5.74) is 1.99. The average molecular weight is 340 g/mol. The van der Waals surface area contributed by atoms with Crippen molar-refractivity contribution in [2.75, 3.05) is 5.32 Å². The summed E-state index contributed by atoms with van der Waals surface area (Å²) in [6.07, 6.45) is 1.64. The van der Waals surface area contributed by atoms with E-state index in [2.05, 4.69) is 15.6 Å².